The van der Waals surface area contributed by atoms with Gasteiger partial charge in [0.1, 0.15) is 0 Å². The van der Waals surface area contributed by atoms with Gasteiger partial charge >= 0.3 is 0 Å². The molecule has 1 aliphatic heterocycles. The summed E-state index contributed by atoms with van der Waals surface area (Å²) in [6, 6.07) is 7.84. The van der Waals surface area contributed by atoms with Crippen LogP contribution in [0, 0.1) is 5.41 Å². The first-order valence-corrected chi connectivity index (χ1v) is 7.76. The fraction of sp³-hybridized carbons (Fsp3) is 0.353. The van der Waals surface area contributed by atoms with Gasteiger partial charge < -0.3 is 9.80 Å². The highest BCUT2D eigenvalue weighted by Crippen LogP contribution is 2.32. The summed E-state index contributed by atoms with van der Waals surface area (Å²) in [4.78, 5) is 16.6. The lowest BCUT2D eigenvalue weighted by atomic mass is 9.97. The van der Waals surface area contributed by atoms with Gasteiger partial charge in [-0.1, -0.05) is 19.1 Å². The van der Waals surface area contributed by atoms with E-state index in [4.69, 9.17) is 5.41 Å². The molecule has 6 nitrogen and oxygen atoms in total. The number of nitrogens with one attached hydrogen (secondary N) is 2. The van der Waals surface area contributed by atoms with Crippen molar-refractivity contribution in [2.45, 2.75) is 19.3 Å². The van der Waals surface area contributed by atoms with Crippen molar-refractivity contribution in [3.05, 3.63) is 42.2 Å². The molecule has 23 heavy (non-hydrogen) atoms. The zero-order chi connectivity index (χ0) is 16.4. The molecule has 1 amide bonds. The first-order chi connectivity index (χ1) is 11.1. The SMILES string of the molecule is CC(CC(=N)C(=O)N1CCN(C)c2ccccc21)c1cn[nH]c1. The number of anilines is 2. The van der Waals surface area contributed by atoms with E-state index in [0.717, 1.165) is 23.5 Å². The topological polar surface area (TPSA) is 76.1 Å². The Morgan fingerprint density at radius 1 is 1.35 bits per heavy atom. The molecular weight excluding hydrogens is 290 g/mol. The van der Waals surface area contributed by atoms with Gasteiger partial charge in [0.05, 0.1) is 23.3 Å². The molecule has 1 atom stereocenters. The summed E-state index contributed by atoms with van der Waals surface area (Å²) in [6.07, 6.45) is 3.97. The van der Waals surface area contributed by atoms with Crippen molar-refractivity contribution < 1.29 is 4.79 Å². The van der Waals surface area contributed by atoms with Crippen molar-refractivity contribution in [1.29, 1.82) is 5.41 Å². The molecule has 1 unspecified atom stereocenters. The Morgan fingerprint density at radius 3 is 2.78 bits per heavy atom. The first-order valence-electron chi connectivity index (χ1n) is 7.76. The summed E-state index contributed by atoms with van der Waals surface area (Å²) in [5.41, 5.74) is 3.06. The van der Waals surface area contributed by atoms with Crippen LogP contribution in [0.2, 0.25) is 0 Å². The number of carbonyl (C=O) groups is 1. The van der Waals surface area contributed by atoms with Gasteiger partial charge in [0, 0.05) is 32.8 Å². The van der Waals surface area contributed by atoms with Crippen LogP contribution < -0.4 is 9.80 Å². The number of para-hydroxylation sites is 2. The minimum absolute atomic E-state index is 0.0907. The van der Waals surface area contributed by atoms with E-state index in [0.29, 0.717) is 13.0 Å². The largest absolute Gasteiger partial charge is 0.371 e. The van der Waals surface area contributed by atoms with Crippen LogP contribution in [0.25, 0.3) is 0 Å². The van der Waals surface area contributed by atoms with E-state index in [1.165, 1.54) is 0 Å². The standard InChI is InChI=1S/C17H21N5O/c1-12(13-10-19-20-11-13)9-14(18)17(23)22-8-7-21(2)15-5-3-4-6-16(15)22/h3-6,10-12,18H,7-9H2,1-2H3,(H,19,20). The maximum atomic E-state index is 12.7. The molecule has 0 aliphatic carbocycles. The third-order valence-corrected chi connectivity index (χ3v) is 4.34. The maximum Gasteiger partial charge on any atom is 0.272 e. The Kier molecular flexibility index (Phi) is 4.14. The second-order valence-corrected chi connectivity index (χ2v) is 5.98. The van der Waals surface area contributed by atoms with Crippen LogP contribution in [0.5, 0.6) is 0 Å². The number of hydrogen-bond acceptors (Lipinski definition) is 4. The van der Waals surface area contributed by atoms with Crippen LogP contribution in [-0.2, 0) is 4.79 Å². The zero-order valence-electron chi connectivity index (χ0n) is 13.4. The van der Waals surface area contributed by atoms with E-state index < -0.39 is 0 Å². The summed E-state index contributed by atoms with van der Waals surface area (Å²) >= 11 is 0. The third-order valence-electron chi connectivity index (χ3n) is 4.34. The van der Waals surface area contributed by atoms with Crippen LogP contribution in [0.15, 0.2) is 36.7 Å². The van der Waals surface area contributed by atoms with Gasteiger partial charge in [0.2, 0.25) is 0 Å². The van der Waals surface area contributed by atoms with Gasteiger partial charge in [-0.15, -0.1) is 0 Å². The number of aromatic amines is 1. The summed E-state index contributed by atoms with van der Waals surface area (Å²) in [5, 5.41) is 14.9. The Hall–Kier alpha value is -2.63. The normalized spacial score (nSPS) is 15.2. The molecule has 0 saturated carbocycles. The van der Waals surface area contributed by atoms with E-state index >= 15 is 0 Å². The molecule has 0 spiro atoms. The van der Waals surface area contributed by atoms with E-state index in [-0.39, 0.29) is 17.5 Å². The fourth-order valence-electron chi connectivity index (χ4n) is 2.92. The lowest BCUT2D eigenvalue weighted by Gasteiger charge is -2.35. The van der Waals surface area contributed by atoms with Gasteiger partial charge in [0.15, 0.2) is 0 Å². The number of H-pyrrole nitrogens is 1. The molecular formula is C17H21N5O. The highest BCUT2D eigenvalue weighted by Gasteiger charge is 2.27. The number of rotatable bonds is 4. The van der Waals surface area contributed by atoms with Crippen LogP contribution in [0.1, 0.15) is 24.8 Å². The molecule has 6 heteroatoms. The van der Waals surface area contributed by atoms with Crippen molar-refractivity contribution in [3.8, 4) is 0 Å². The highest BCUT2D eigenvalue weighted by molar-refractivity contribution is 6.43. The van der Waals surface area contributed by atoms with Crippen molar-refractivity contribution in [1.82, 2.24) is 10.2 Å². The number of fused-ring (bicyclic) bond motifs is 1. The quantitative estimate of drug-likeness (QED) is 0.851. The van der Waals surface area contributed by atoms with Crippen LogP contribution >= 0.6 is 0 Å². The van der Waals surface area contributed by atoms with E-state index in [2.05, 4.69) is 15.1 Å². The van der Waals surface area contributed by atoms with Crippen molar-refractivity contribution in [2.75, 3.05) is 29.9 Å². The number of carbonyl (C=O) groups excluding carboxylic acids is 1. The molecule has 0 fully saturated rings. The molecule has 3 rings (SSSR count). The minimum atomic E-state index is -0.208. The smallest absolute Gasteiger partial charge is 0.272 e. The highest BCUT2D eigenvalue weighted by atomic mass is 16.2. The van der Waals surface area contributed by atoms with Gasteiger partial charge in [-0.2, -0.15) is 5.10 Å². The Labute approximate surface area is 135 Å². The number of likely N-dealkylation sites (N-methyl/N-ethyl adjacent to an activating group) is 1. The molecule has 2 N–H and O–H groups in total. The van der Waals surface area contributed by atoms with Crippen LogP contribution in [0.3, 0.4) is 0 Å². The number of aromatic nitrogens is 2. The Morgan fingerprint density at radius 2 is 2.09 bits per heavy atom. The monoisotopic (exact) mass is 311 g/mol. The molecule has 0 saturated heterocycles. The number of hydrogen-bond donors (Lipinski definition) is 2. The molecule has 2 aromatic rings. The predicted molar refractivity (Wildman–Crippen MR) is 91.4 cm³/mol. The fourth-order valence-corrected chi connectivity index (χ4v) is 2.92. The Balaban J connectivity index is 1.76. The molecule has 1 aromatic heterocycles. The zero-order valence-corrected chi connectivity index (χ0v) is 13.4. The van der Waals surface area contributed by atoms with Crippen molar-refractivity contribution in [2.24, 2.45) is 0 Å². The van der Waals surface area contributed by atoms with Crippen LogP contribution in [-0.4, -0.2) is 42.0 Å². The average Bonchev–Trinajstić information content (AvgIpc) is 3.09. The molecule has 2 heterocycles. The predicted octanol–water partition coefficient (Wildman–Crippen LogP) is 2.41. The van der Waals surface area contributed by atoms with Gasteiger partial charge in [-0.05, 0) is 23.6 Å². The lowest BCUT2D eigenvalue weighted by Crippen LogP contribution is -2.45. The molecule has 120 valence electrons. The van der Waals surface area contributed by atoms with Gasteiger partial charge in [0.25, 0.3) is 5.91 Å². The molecule has 1 aliphatic rings. The average molecular weight is 311 g/mol. The number of amides is 1. The summed E-state index contributed by atoms with van der Waals surface area (Å²) in [6.45, 7) is 3.38. The second kappa shape index (κ2) is 6.24. The van der Waals surface area contributed by atoms with Crippen molar-refractivity contribution in [3.63, 3.8) is 0 Å². The molecule has 0 bridgehead atoms. The van der Waals surface area contributed by atoms with Gasteiger partial charge in [-0.25, -0.2) is 0 Å². The molecule has 0 radical (unpaired) electrons. The molecule has 1 aromatic carbocycles. The summed E-state index contributed by atoms with van der Waals surface area (Å²) in [7, 11) is 2.02. The summed E-state index contributed by atoms with van der Waals surface area (Å²) < 4.78 is 0. The minimum Gasteiger partial charge on any atom is -0.371 e. The number of benzene rings is 1. The number of nitrogens with zero attached hydrogens (tertiary/aromatic N) is 3. The van der Waals surface area contributed by atoms with E-state index in [1.807, 2.05) is 44.4 Å². The van der Waals surface area contributed by atoms with E-state index in [9.17, 15) is 4.79 Å². The van der Waals surface area contributed by atoms with Crippen molar-refractivity contribution >= 4 is 23.0 Å². The van der Waals surface area contributed by atoms with Crippen LogP contribution in [0.4, 0.5) is 11.4 Å². The lowest BCUT2D eigenvalue weighted by molar-refractivity contribution is -0.112. The van der Waals surface area contributed by atoms with Gasteiger partial charge in [-0.3, -0.25) is 15.3 Å². The Bertz CT molecular complexity index is 710. The van der Waals surface area contributed by atoms with E-state index in [1.54, 1.807) is 11.1 Å². The second-order valence-electron chi connectivity index (χ2n) is 5.98. The maximum absolute atomic E-state index is 12.7. The first kappa shape index (κ1) is 15.3. The summed E-state index contributed by atoms with van der Waals surface area (Å²) in [5.74, 6) is -0.117. The third kappa shape index (κ3) is 2.97.